The largest absolute Gasteiger partial charge is 0.481 e. The van der Waals surface area contributed by atoms with Crippen LogP contribution >= 0.6 is 27.5 Å². The first-order valence-electron chi connectivity index (χ1n) is 11.3. The van der Waals surface area contributed by atoms with Gasteiger partial charge in [0.05, 0.1) is 30.0 Å². The third kappa shape index (κ3) is 4.11. The molecule has 7 nitrogen and oxygen atoms in total. The first-order chi connectivity index (χ1) is 15.9. The molecule has 2 saturated heterocycles. The second kappa shape index (κ2) is 9.06. The van der Waals surface area contributed by atoms with Crippen molar-refractivity contribution in [1.82, 2.24) is 20.1 Å². The van der Waals surface area contributed by atoms with E-state index in [1.807, 2.05) is 23.1 Å². The zero-order chi connectivity index (χ0) is 23.2. The van der Waals surface area contributed by atoms with Crippen LogP contribution < -0.4 is 10.1 Å². The number of amides is 2. The molecular weight excluding hydrogens is 508 g/mol. The minimum Gasteiger partial charge on any atom is -0.481 e. The van der Waals surface area contributed by atoms with Gasteiger partial charge >= 0.3 is 6.03 Å². The number of rotatable bonds is 6. The predicted molar refractivity (Wildman–Crippen MR) is 131 cm³/mol. The van der Waals surface area contributed by atoms with E-state index in [2.05, 4.69) is 32.2 Å². The van der Waals surface area contributed by atoms with E-state index in [0.717, 1.165) is 54.6 Å². The molecule has 3 heterocycles. The van der Waals surface area contributed by atoms with Crippen molar-refractivity contribution in [2.24, 2.45) is 0 Å². The van der Waals surface area contributed by atoms with Gasteiger partial charge in [0.25, 0.3) is 0 Å². The molecule has 9 heteroatoms. The maximum absolute atomic E-state index is 12.5. The SMILES string of the molecule is COCCN1C[C@@]2(CCN(C3CCc4cc(-c5cccc(Br)c5Cl)nc(OC)c43)C2)NC1=O. The maximum atomic E-state index is 12.5. The molecule has 2 atom stereocenters. The number of hydrogen-bond acceptors (Lipinski definition) is 5. The van der Waals surface area contributed by atoms with Crippen molar-refractivity contribution in [3.8, 4) is 17.1 Å². The third-order valence-electron chi connectivity index (χ3n) is 7.09. The van der Waals surface area contributed by atoms with Gasteiger partial charge in [-0.1, -0.05) is 23.7 Å². The number of hydrogen-bond donors (Lipinski definition) is 1. The number of carbonyl (C=O) groups excluding carboxylic acids is 1. The Hall–Kier alpha value is -1.87. The van der Waals surface area contributed by atoms with Crippen molar-refractivity contribution in [2.75, 3.05) is 47.0 Å². The standard InChI is InChI=1S/C24H28BrClN4O3/c1-32-11-10-30-14-24(28-23(30)31)8-9-29(13-24)19-7-6-15-12-18(27-22(33-2)20(15)19)16-4-3-5-17(25)21(16)26/h3-5,12,19H,6-11,13-14H2,1-2H3,(H,28,31)/t19?,24-/m0/s1. The van der Waals surface area contributed by atoms with Gasteiger partial charge in [0.15, 0.2) is 0 Å². The van der Waals surface area contributed by atoms with E-state index in [9.17, 15) is 4.79 Å². The number of nitrogens with zero attached hydrogens (tertiary/aromatic N) is 3. The Morgan fingerprint density at radius 2 is 2.18 bits per heavy atom. The number of halogens is 2. The lowest BCUT2D eigenvalue weighted by atomic mass is 10.00. The lowest BCUT2D eigenvalue weighted by Crippen LogP contribution is -2.46. The van der Waals surface area contributed by atoms with Crippen molar-refractivity contribution in [3.05, 3.63) is 44.9 Å². The minimum atomic E-state index is -0.196. The Morgan fingerprint density at radius 3 is 2.97 bits per heavy atom. The molecular formula is C24H28BrClN4O3. The molecule has 2 fully saturated rings. The summed E-state index contributed by atoms with van der Waals surface area (Å²) >= 11 is 10.1. The molecule has 2 aliphatic heterocycles. The number of aryl methyl sites for hydroxylation is 1. The summed E-state index contributed by atoms with van der Waals surface area (Å²) in [5.41, 5.74) is 3.95. The van der Waals surface area contributed by atoms with E-state index < -0.39 is 0 Å². The molecule has 1 aromatic carbocycles. The van der Waals surface area contributed by atoms with Gasteiger partial charge in [0, 0.05) is 54.9 Å². The maximum Gasteiger partial charge on any atom is 0.318 e. The topological polar surface area (TPSA) is 66.9 Å². The zero-order valence-corrected chi connectivity index (χ0v) is 21.2. The number of methoxy groups -OCH3 is 2. The molecule has 1 spiro atoms. The number of urea groups is 1. The van der Waals surface area contributed by atoms with Gasteiger partial charge in [-0.05, 0) is 52.9 Å². The van der Waals surface area contributed by atoms with Crippen molar-refractivity contribution in [2.45, 2.75) is 30.8 Å². The second-order valence-corrected chi connectivity index (χ2v) is 10.3. The van der Waals surface area contributed by atoms with Crippen LogP contribution in [0.3, 0.4) is 0 Å². The molecule has 1 aromatic heterocycles. The number of aromatic nitrogens is 1. The van der Waals surface area contributed by atoms with E-state index in [1.165, 1.54) is 11.1 Å². The van der Waals surface area contributed by atoms with E-state index in [0.29, 0.717) is 24.1 Å². The molecule has 0 saturated carbocycles. The van der Waals surface area contributed by atoms with Gasteiger partial charge in [-0.15, -0.1) is 0 Å². The Balaban J connectivity index is 1.39. The highest BCUT2D eigenvalue weighted by atomic mass is 79.9. The highest BCUT2D eigenvalue weighted by molar-refractivity contribution is 9.10. The predicted octanol–water partition coefficient (Wildman–Crippen LogP) is 4.28. The molecule has 2 amide bonds. The highest BCUT2D eigenvalue weighted by Crippen LogP contribution is 2.45. The molecule has 3 aliphatic rings. The van der Waals surface area contributed by atoms with Crippen LogP contribution in [-0.4, -0.2) is 73.4 Å². The van der Waals surface area contributed by atoms with Gasteiger partial charge in [-0.25, -0.2) is 9.78 Å². The van der Waals surface area contributed by atoms with Gasteiger partial charge in [-0.3, -0.25) is 4.90 Å². The fourth-order valence-electron chi connectivity index (χ4n) is 5.51. The normalized spacial score (nSPS) is 24.5. The number of likely N-dealkylation sites (tertiary alicyclic amines) is 1. The summed E-state index contributed by atoms with van der Waals surface area (Å²) in [6.45, 7) is 3.66. The van der Waals surface area contributed by atoms with Crippen molar-refractivity contribution in [3.63, 3.8) is 0 Å². The number of nitrogens with one attached hydrogen (secondary N) is 1. The molecule has 5 rings (SSSR count). The first-order valence-corrected chi connectivity index (χ1v) is 12.4. The number of carbonyl (C=O) groups is 1. The zero-order valence-electron chi connectivity index (χ0n) is 18.9. The van der Waals surface area contributed by atoms with Crippen molar-refractivity contribution < 1.29 is 14.3 Å². The van der Waals surface area contributed by atoms with Crippen LogP contribution in [0.15, 0.2) is 28.7 Å². The molecule has 176 valence electrons. The van der Waals surface area contributed by atoms with Crippen LogP contribution in [0.25, 0.3) is 11.3 Å². The van der Waals surface area contributed by atoms with Gasteiger partial charge in [-0.2, -0.15) is 0 Å². The van der Waals surface area contributed by atoms with Crippen LogP contribution in [0.4, 0.5) is 4.79 Å². The average Bonchev–Trinajstić information content (AvgIpc) is 3.50. The summed E-state index contributed by atoms with van der Waals surface area (Å²) in [7, 11) is 3.34. The molecule has 0 bridgehead atoms. The smallest absolute Gasteiger partial charge is 0.318 e. The van der Waals surface area contributed by atoms with Gasteiger partial charge in [0.1, 0.15) is 0 Å². The Morgan fingerprint density at radius 1 is 1.33 bits per heavy atom. The van der Waals surface area contributed by atoms with Crippen LogP contribution in [0.2, 0.25) is 5.02 Å². The van der Waals surface area contributed by atoms with E-state index in [1.54, 1.807) is 14.2 Å². The second-order valence-electron chi connectivity index (χ2n) is 9.09. The lowest BCUT2D eigenvalue weighted by Gasteiger charge is -2.28. The Labute approximate surface area is 207 Å². The molecule has 1 aliphatic carbocycles. The summed E-state index contributed by atoms with van der Waals surface area (Å²) in [5, 5.41) is 3.91. The van der Waals surface area contributed by atoms with Crippen molar-refractivity contribution in [1.29, 1.82) is 0 Å². The van der Waals surface area contributed by atoms with Crippen LogP contribution in [0.1, 0.15) is 30.0 Å². The summed E-state index contributed by atoms with van der Waals surface area (Å²) in [6.07, 6.45) is 2.92. The quantitative estimate of drug-likeness (QED) is 0.598. The molecule has 33 heavy (non-hydrogen) atoms. The highest BCUT2D eigenvalue weighted by Gasteiger charge is 2.49. The lowest BCUT2D eigenvalue weighted by molar-refractivity contribution is 0.158. The first kappa shape index (κ1) is 22.9. The molecule has 1 N–H and O–H groups in total. The van der Waals surface area contributed by atoms with Crippen LogP contribution in [-0.2, 0) is 11.2 Å². The monoisotopic (exact) mass is 534 g/mol. The van der Waals surface area contributed by atoms with Gasteiger partial charge in [0.2, 0.25) is 5.88 Å². The third-order valence-corrected chi connectivity index (χ3v) is 8.39. The van der Waals surface area contributed by atoms with E-state index in [4.69, 9.17) is 26.1 Å². The van der Waals surface area contributed by atoms with E-state index in [-0.39, 0.29) is 17.6 Å². The summed E-state index contributed by atoms with van der Waals surface area (Å²) in [4.78, 5) is 21.7. The number of benzene rings is 1. The fourth-order valence-corrected chi connectivity index (χ4v) is 6.10. The van der Waals surface area contributed by atoms with E-state index >= 15 is 0 Å². The fraction of sp³-hybridized carbons (Fsp3) is 0.500. The van der Waals surface area contributed by atoms with Crippen molar-refractivity contribution >= 4 is 33.6 Å². The minimum absolute atomic E-state index is 0.00973. The Kier molecular flexibility index (Phi) is 6.29. The number of ether oxygens (including phenoxy) is 2. The number of pyridine rings is 1. The van der Waals surface area contributed by atoms with Gasteiger partial charge < -0.3 is 19.7 Å². The van der Waals surface area contributed by atoms with Crippen LogP contribution in [0.5, 0.6) is 5.88 Å². The summed E-state index contributed by atoms with van der Waals surface area (Å²) in [5.74, 6) is 0.666. The molecule has 2 aromatic rings. The summed E-state index contributed by atoms with van der Waals surface area (Å²) in [6, 6.07) is 8.27. The molecule has 0 radical (unpaired) electrons. The Bertz CT molecular complexity index is 1080. The van der Waals surface area contributed by atoms with Crippen LogP contribution in [0, 0.1) is 0 Å². The number of fused-ring (bicyclic) bond motifs is 1. The molecule has 1 unspecified atom stereocenters. The average molecular weight is 536 g/mol. The summed E-state index contributed by atoms with van der Waals surface area (Å²) < 4.78 is 11.8.